The summed E-state index contributed by atoms with van der Waals surface area (Å²) in [5.74, 6) is 1.23. The first-order chi connectivity index (χ1) is 22.8. The minimum atomic E-state index is -0.336. The predicted molar refractivity (Wildman–Crippen MR) is 193 cm³/mol. The largest absolute Gasteiger partial charge is 0.397 e. The van der Waals surface area contributed by atoms with Gasteiger partial charge < -0.3 is 10.3 Å². The minimum Gasteiger partial charge on any atom is -0.397 e. The zero-order valence-corrected chi connectivity index (χ0v) is 27.7. The molecule has 47 heavy (non-hydrogen) atoms. The maximum Gasteiger partial charge on any atom is 0.276 e. The van der Waals surface area contributed by atoms with Gasteiger partial charge in [0.25, 0.3) is 11.1 Å². The first kappa shape index (κ1) is 30.5. The number of nitrogen functional groups attached to an aromatic ring is 1. The van der Waals surface area contributed by atoms with Crippen molar-refractivity contribution in [1.29, 1.82) is 0 Å². The van der Waals surface area contributed by atoms with Crippen LogP contribution in [0.3, 0.4) is 0 Å². The number of alkyl halides is 1. The van der Waals surface area contributed by atoms with E-state index in [-0.39, 0.29) is 22.5 Å². The van der Waals surface area contributed by atoms with Crippen LogP contribution in [0.1, 0.15) is 36.9 Å². The van der Waals surface area contributed by atoms with Crippen molar-refractivity contribution in [3.05, 3.63) is 140 Å². The summed E-state index contributed by atoms with van der Waals surface area (Å²) in [5, 5.41) is 3.44. The van der Waals surface area contributed by atoms with Crippen molar-refractivity contribution in [2.45, 2.75) is 25.3 Å². The van der Waals surface area contributed by atoms with E-state index in [0.29, 0.717) is 37.8 Å². The summed E-state index contributed by atoms with van der Waals surface area (Å²) in [6.07, 6.45) is 1.75. The maximum atomic E-state index is 13.3. The lowest BCUT2D eigenvalue weighted by Crippen LogP contribution is -2.26. The highest BCUT2D eigenvalue weighted by molar-refractivity contribution is 7.17. The number of thiophene rings is 2. The van der Waals surface area contributed by atoms with E-state index >= 15 is 0 Å². The molecule has 0 amide bonds. The minimum absolute atomic E-state index is 0.0583. The fourth-order valence-electron chi connectivity index (χ4n) is 5.57. The first-order valence-electron chi connectivity index (χ1n) is 14.8. The highest BCUT2D eigenvalue weighted by atomic mass is 35.5. The number of hydrogen-bond donors (Lipinski definition) is 1. The van der Waals surface area contributed by atoms with Gasteiger partial charge in [0.1, 0.15) is 26.6 Å². The molecule has 8 aromatic rings. The molecule has 0 spiro atoms. The van der Waals surface area contributed by atoms with Gasteiger partial charge >= 0.3 is 0 Å². The van der Waals surface area contributed by atoms with Crippen molar-refractivity contribution in [3.8, 4) is 11.4 Å². The lowest BCUT2D eigenvalue weighted by atomic mass is 10.2. The van der Waals surface area contributed by atoms with E-state index in [1.807, 2.05) is 120 Å². The van der Waals surface area contributed by atoms with Gasteiger partial charge in [-0.15, -0.1) is 34.3 Å². The molecule has 0 saturated carbocycles. The number of nitrogens with zero attached hydrogens (tertiary/aromatic N) is 6. The molecule has 2 unspecified atom stereocenters. The number of benzene rings is 3. The normalized spacial score (nSPS) is 12.7. The molecule has 8 rings (SSSR count). The lowest BCUT2D eigenvalue weighted by Gasteiger charge is -2.19. The summed E-state index contributed by atoms with van der Waals surface area (Å²) in [6.45, 7) is 3.84. The van der Waals surface area contributed by atoms with E-state index in [1.54, 1.807) is 15.5 Å². The average molecular weight is 678 g/mol. The number of halogens is 1. The number of fused-ring (bicyclic) bond motifs is 3. The zero-order chi connectivity index (χ0) is 32.7. The van der Waals surface area contributed by atoms with Gasteiger partial charge in [0.15, 0.2) is 0 Å². The molecule has 0 aliphatic carbocycles. The number of aromatic nitrogens is 6. The van der Waals surface area contributed by atoms with Crippen LogP contribution in [-0.4, -0.2) is 28.7 Å². The molecular weight excluding hydrogens is 650 g/mol. The number of anilines is 1. The predicted octanol–water partition coefficient (Wildman–Crippen LogP) is 7.74. The van der Waals surface area contributed by atoms with Gasteiger partial charge in [0.2, 0.25) is 0 Å². The van der Waals surface area contributed by atoms with Crippen LogP contribution in [0.5, 0.6) is 0 Å². The quantitative estimate of drug-likeness (QED) is 0.147. The van der Waals surface area contributed by atoms with E-state index in [9.17, 15) is 9.59 Å². The van der Waals surface area contributed by atoms with Crippen LogP contribution in [-0.2, 0) is 0 Å². The highest BCUT2D eigenvalue weighted by Crippen LogP contribution is 2.28. The molecule has 5 heterocycles. The Kier molecular flexibility index (Phi) is 8.19. The molecule has 234 valence electrons. The Balaban J connectivity index is 0.000000161. The van der Waals surface area contributed by atoms with Crippen LogP contribution >= 0.6 is 34.3 Å². The van der Waals surface area contributed by atoms with E-state index < -0.39 is 0 Å². The van der Waals surface area contributed by atoms with Crippen LogP contribution < -0.4 is 16.9 Å². The molecule has 0 fully saturated rings. The van der Waals surface area contributed by atoms with E-state index in [4.69, 9.17) is 22.3 Å². The van der Waals surface area contributed by atoms with Gasteiger partial charge in [-0.2, -0.15) is 0 Å². The SMILES string of the molecule is CC(Cl)c1nc2ccsc2c(=O)n1-c1ccccc1.CC(c1nc2ccsc2c(=O)n1-c1ccccc1)n1cnc2c(N)cccc21. The molecule has 12 heteroatoms. The Morgan fingerprint density at radius 2 is 1.23 bits per heavy atom. The molecule has 0 bridgehead atoms. The summed E-state index contributed by atoms with van der Waals surface area (Å²) < 4.78 is 6.60. The van der Waals surface area contributed by atoms with Crippen LogP contribution in [0.15, 0.2) is 118 Å². The van der Waals surface area contributed by atoms with E-state index in [0.717, 1.165) is 22.4 Å². The molecule has 9 nitrogen and oxygen atoms in total. The second-order valence-corrected chi connectivity index (χ2v) is 13.3. The first-order valence-corrected chi connectivity index (χ1v) is 17.0. The Hall–Kier alpha value is -5.10. The van der Waals surface area contributed by atoms with Crippen molar-refractivity contribution in [2.24, 2.45) is 0 Å². The summed E-state index contributed by atoms with van der Waals surface area (Å²) >= 11 is 9.00. The molecule has 2 N–H and O–H groups in total. The van der Waals surface area contributed by atoms with Crippen LogP contribution in [0.25, 0.3) is 42.8 Å². The van der Waals surface area contributed by atoms with Gasteiger partial charge in [0.05, 0.1) is 51.4 Å². The molecule has 5 aromatic heterocycles. The van der Waals surface area contributed by atoms with Crippen molar-refractivity contribution < 1.29 is 0 Å². The summed E-state index contributed by atoms with van der Waals surface area (Å²) in [6, 6.07) is 28.3. The smallest absolute Gasteiger partial charge is 0.276 e. The number of para-hydroxylation sites is 3. The third-order valence-electron chi connectivity index (χ3n) is 7.82. The van der Waals surface area contributed by atoms with Crippen molar-refractivity contribution >= 4 is 71.4 Å². The van der Waals surface area contributed by atoms with Crippen molar-refractivity contribution in [1.82, 2.24) is 28.7 Å². The van der Waals surface area contributed by atoms with Gasteiger partial charge in [0, 0.05) is 0 Å². The Bertz CT molecular complexity index is 2480. The third-order valence-corrected chi connectivity index (χ3v) is 9.80. The molecule has 2 atom stereocenters. The summed E-state index contributed by atoms with van der Waals surface area (Å²) in [5.41, 5.74) is 11.2. The van der Waals surface area contributed by atoms with Crippen LogP contribution in [0.4, 0.5) is 5.69 Å². The standard InChI is InChI=1S/C21H17N5OS.C14H11ClN2OS/c1-13(25-12-23-18-15(22)8-5-9-17(18)25)20-24-16-10-11-28-19(16)21(27)26(20)14-6-3-2-4-7-14;1-9(15)13-16-11-7-8-19-12(11)14(18)17(13)10-5-3-2-4-6-10/h2-13H,22H2,1H3;2-9H,1H3. The number of nitrogens with two attached hydrogens (primary N) is 1. The zero-order valence-electron chi connectivity index (χ0n) is 25.3. The lowest BCUT2D eigenvalue weighted by molar-refractivity contribution is 0.594. The Morgan fingerprint density at radius 1 is 0.702 bits per heavy atom. The van der Waals surface area contributed by atoms with E-state index in [1.165, 1.54) is 22.7 Å². The topological polar surface area (TPSA) is 114 Å². The van der Waals surface area contributed by atoms with E-state index in [2.05, 4.69) is 9.97 Å². The molecule has 3 aromatic carbocycles. The molecule has 0 aliphatic rings. The van der Waals surface area contributed by atoms with Crippen molar-refractivity contribution in [2.75, 3.05) is 5.73 Å². The number of rotatable bonds is 5. The number of imidazole rings is 1. The molecule has 0 aliphatic heterocycles. The average Bonchev–Trinajstić information content (AvgIpc) is 3.86. The second kappa shape index (κ2) is 12.6. The Morgan fingerprint density at radius 3 is 1.79 bits per heavy atom. The van der Waals surface area contributed by atoms with Gasteiger partial charge in [-0.1, -0.05) is 42.5 Å². The monoisotopic (exact) mass is 677 g/mol. The molecule has 0 radical (unpaired) electrons. The van der Waals surface area contributed by atoms with Crippen LogP contribution in [0, 0.1) is 0 Å². The highest BCUT2D eigenvalue weighted by Gasteiger charge is 2.22. The van der Waals surface area contributed by atoms with Gasteiger partial charge in [-0.3, -0.25) is 18.7 Å². The molecular formula is C35H28ClN7O2S2. The molecule has 0 saturated heterocycles. The summed E-state index contributed by atoms with van der Waals surface area (Å²) in [4.78, 5) is 39.7. The second-order valence-electron chi connectivity index (χ2n) is 10.8. The fraction of sp³-hybridized carbons (Fsp3) is 0.114. The fourth-order valence-corrected chi connectivity index (χ4v) is 7.24. The van der Waals surface area contributed by atoms with Gasteiger partial charge in [-0.25, -0.2) is 15.0 Å². The number of hydrogen-bond acceptors (Lipinski definition) is 8. The van der Waals surface area contributed by atoms with Gasteiger partial charge in [-0.05, 0) is 73.1 Å². The Labute approximate surface area is 281 Å². The maximum absolute atomic E-state index is 13.3. The van der Waals surface area contributed by atoms with Crippen LogP contribution in [0.2, 0.25) is 0 Å². The summed E-state index contributed by atoms with van der Waals surface area (Å²) in [7, 11) is 0. The third kappa shape index (κ3) is 5.52. The van der Waals surface area contributed by atoms with Crippen molar-refractivity contribution in [3.63, 3.8) is 0 Å².